The van der Waals surface area contributed by atoms with Crippen LogP contribution in [-0.2, 0) is 9.84 Å². The van der Waals surface area contributed by atoms with E-state index in [0.29, 0.717) is 11.3 Å². The molecule has 2 aromatic heterocycles. The average Bonchev–Trinajstić information content (AvgIpc) is 3.15. The summed E-state index contributed by atoms with van der Waals surface area (Å²) in [5, 5.41) is 11.1. The molecule has 6 nitrogen and oxygen atoms in total. The van der Waals surface area contributed by atoms with E-state index >= 15 is 0 Å². The molecule has 0 fully saturated rings. The fourth-order valence-corrected chi connectivity index (χ4v) is 4.14. The molecule has 0 bridgehead atoms. The number of sulfone groups is 1. The molecule has 0 aliphatic rings. The third kappa shape index (κ3) is 2.79. The maximum Gasteiger partial charge on any atom is 0.198 e. The number of fused-ring (bicyclic) bond motifs is 3. The summed E-state index contributed by atoms with van der Waals surface area (Å²) in [5.41, 5.74) is 4.61. The first-order valence-corrected chi connectivity index (χ1v) is 10.1. The minimum absolute atomic E-state index is 0.0346. The molecule has 0 aliphatic carbocycles. The summed E-state index contributed by atoms with van der Waals surface area (Å²) in [6.45, 7) is 0. The van der Waals surface area contributed by atoms with Gasteiger partial charge in [0.1, 0.15) is 0 Å². The SMILES string of the molecule is CS(=O)(=O)c1ccc(N=Cc2c(O)[nH]c3ccc4ncsc4c23)cc1. The number of aromatic hydroxyl groups is 1. The molecule has 4 rings (SSSR count). The summed E-state index contributed by atoms with van der Waals surface area (Å²) in [5.74, 6) is 0.0346. The lowest BCUT2D eigenvalue weighted by Crippen LogP contribution is -1.95. The highest BCUT2D eigenvalue weighted by Gasteiger charge is 2.13. The van der Waals surface area contributed by atoms with Crippen LogP contribution in [-0.4, -0.2) is 36.0 Å². The molecule has 0 saturated heterocycles. The van der Waals surface area contributed by atoms with Crippen molar-refractivity contribution < 1.29 is 13.5 Å². The Hall–Kier alpha value is -2.71. The lowest BCUT2D eigenvalue weighted by atomic mass is 10.1. The van der Waals surface area contributed by atoms with E-state index in [1.54, 1.807) is 23.9 Å². The molecule has 2 heterocycles. The smallest absolute Gasteiger partial charge is 0.198 e. The summed E-state index contributed by atoms with van der Waals surface area (Å²) in [4.78, 5) is 11.8. The summed E-state index contributed by atoms with van der Waals surface area (Å²) in [6.07, 6.45) is 2.73. The van der Waals surface area contributed by atoms with Crippen molar-refractivity contribution in [2.75, 3.05) is 6.26 Å². The molecule has 126 valence electrons. The van der Waals surface area contributed by atoms with Crippen LogP contribution in [0.2, 0.25) is 0 Å². The van der Waals surface area contributed by atoms with Crippen molar-refractivity contribution in [2.24, 2.45) is 4.99 Å². The van der Waals surface area contributed by atoms with Gasteiger partial charge < -0.3 is 10.1 Å². The van der Waals surface area contributed by atoms with Crippen LogP contribution in [0.5, 0.6) is 5.88 Å². The Labute approximate surface area is 147 Å². The van der Waals surface area contributed by atoms with E-state index in [1.807, 2.05) is 12.1 Å². The van der Waals surface area contributed by atoms with Gasteiger partial charge in [-0.05, 0) is 36.4 Å². The Morgan fingerprint density at radius 1 is 1.20 bits per heavy atom. The van der Waals surface area contributed by atoms with Crippen molar-refractivity contribution in [1.29, 1.82) is 0 Å². The van der Waals surface area contributed by atoms with Crippen LogP contribution in [0.15, 0.2) is 51.8 Å². The van der Waals surface area contributed by atoms with Crippen molar-refractivity contribution >= 4 is 54.2 Å². The largest absolute Gasteiger partial charge is 0.494 e. The number of rotatable bonds is 3. The Kier molecular flexibility index (Phi) is 3.59. The highest BCUT2D eigenvalue weighted by atomic mass is 32.2. The monoisotopic (exact) mass is 371 g/mol. The molecule has 8 heteroatoms. The van der Waals surface area contributed by atoms with Crippen LogP contribution in [0.25, 0.3) is 21.1 Å². The Morgan fingerprint density at radius 2 is 1.96 bits per heavy atom. The lowest BCUT2D eigenvalue weighted by molar-refractivity contribution is 0.457. The van der Waals surface area contributed by atoms with Crippen molar-refractivity contribution in [2.45, 2.75) is 4.90 Å². The molecule has 0 atom stereocenters. The number of nitrogens with zero attached hydrogens (tertiary/aromatic N) is 2. The number of H-pyrrole nitrogens is 1. The molecule has 4 aromatic rings. The Balaban J connectivity index is 1.79. The maximum absolute atomic E-state index is 11.5. The van der Waals surface area contributed by atoms with Gasteiger partial charge in [-0.2, -0.15) is 0 Å². The van der Waals surface area contributed by atoms with Gasteiger partial charge in [-0.25, -0.2) is 13.4 Å². The van der Waals surface area contributed by atoms with Crippen LogP contribution in [0.3, 0.4) is 0 Å². The third-order valence-corrected chi connectivity index (χ3v) is 5.87. The van der Waals surface area contributed by atoms with Crippen molar-refractivity contribution in [3.8, 4) is 5.88 Å². The molecular formula is C17H13N3O3S2. The van der Waals surface area contributed by atoms with Gasteiger partial charge in [0.05, 0.1) is 37.4 Å². The number of hydrogen-bond acceptors (Lipinski definition) is 6. The van der Waals surface area contributed by atoms with E-state index in [-0.39, 0.29) is 10.8 Å². The summed E-state index contributed by atoms with van der Waals surface area (Å²) in [7, 11) is -3.23. The molecule has 2 N–H and O–H groups in total. The number of benzene rings is 2. The van der Waals surface area contributed by atoms with E-state index in [4.69, 9.17) is 0 Å². The minimum atomic E-state index is -3.23. The quantitative estimate of drug-likeness (QED) is 0.538. The highest BCUT2D eigenvalue weighted by Crippen LogP contribution is 2.34. The first-order chi connectivity index (χ1) is 11.9. The Bertz CT molecular complexity index is 1220. The number of thiazole rings is 1. The zero-order valence-electron chi connectivity index (χ0n) is 13.1. The summed E-state index contributed by atoms with van der Waals surface area (Å²) in [6, 6.07) is 10.0. The number of aromatic amines is 1. The van der Waals surface area contributed by atoms with Gasteiger partial charge in [-0.3, -0.25) is 4.99 Å². The highest BCUT2D eigenvalue weighted by molar-refractivity contribution is 7.90. The molecule has 0 spiro atoms. The van der Waals surface area contributed by atoms with Gasteiger partial charge >= 0.3 is 0 Å². The molecule has 0 unspecified atom stereocenters. The van der Waals surface area contributed by atoms with E-state index in [2.05, 4.69) is 15.0 Å². The molecule has 0 saturated carbocycles. The molecule has 0 amide bonds. The van der Waals surface area contributed by atoms with Crippen LogP contribution in [0, 0.1) is 0 Å². The van der Waals surface area contributed by atoms with Crippen molar-refractivity contribution in [1.82, 2.24) is 9.97 Å². The van der Waals surface area contributed by atoms with E-state index in [1.165, 1.54) is 23.5 Å². The predicted octanol–water partition coefficient (Wildman–Crippen LogP) is 3.64. The van der Waals surface area contributed by atoms with Gasteiger partial charge in [0.2, 0.25) is 0 Å². The second-order valence-corrected chi connectivity index (χ2v) is 8.47. The van der Waals surface area contributed by atoms with Crippen molar-refractivity contribution in [3.63, 3.8) is 0 Å². The summed E-state index contributed by atoms with van der Waals surface area (Å²) < 4.78 is 24.0. The average molecular weight is 371 g/mol. The fraction of sp³-hybridized carbons (Fsp3) is 0.0588. The van der Waals surface area contributed by atoms with Gasteiger partial charge in [0.15, 0.2) is 15.7 Å². The van der Waals surface area contributed by atoms with Crippen LogP contribution >= 0.6 is 11.3 Å². The second-order valence-electron chi connectivity index (χ2n) is 5.60. The minimum Gasteiger partial charge on any atom is -0.494 e. The second kappa shape index (κ2) is 5.68. The molecule has 2 aromatic carbocycles. The number of aromatic nitrogens is 2. The van der Waals surface area contributed by atoms with Gasteiger partial charge in [0.25, 0.3) is 0 Å². The number of nitrogens with one attached hydrogen (secondary N) is 1. The molecule has 0 aliphatic heterocycles. The van der Waals surface area contributed by atoms with E-state index in [9.17, 15) is 13.5 Å². The van der Waals surface area contributed by atoms with Crippen LogP contribution in [0.1, 0.15) is 5.56 Å². The van der Waals surface area contributed by atoms with Gasteiger partial charge in [0, 0.05) is 17.9 Å². The first-order valence-electron chi connectivity index (χ1n) is 7.34. The standard InChI is InChI=1S/C17H13N3O3S2/c1-25(22,23)11-4-2-10(3-5-11)18-8-12-15-13(20-17(12)21)6-7-14-16(15)24-9-19-14/h2-9,20-21H,1H3. The van der Waals surface area contributed by atoms with Gasteiger partial charge in [-0.1, -0.05) is 0 Å². The summed E-state index contributed by atoms with van der Waals surface area (Å²) >= 11 is 1.50. The van der Waals surface area contributed by atoms with E-state index in [0.717, 1.165) is 27.4 Å². The van der Waals surface area contributed by atoms with Gasteiger partial charge in [-0.15, -0.1) is 11.3 Å². The van der Waals surface area contributed by atoms with E-state index < -0.39 is 9.84 Å². The van der Waals surface area contributed by atoms with Crippen LogP contribution in [0.4, 0.5) is 5.69 Å². The zero-order valence-corrected chi connectivity index (χ0v) is 14.7. The maximum atomic E-state index is 11.5. The predicted molar refractivity (Wildman–Crippen MR) is 99.9 cm³/mol. The Morgan fingerprint density at radius 3 is 2.68 bits per heavy atom. The lowest BCUT2D eigenvalue weighted by Gasteiger charge is -1.99. The molecular weight excluding hydrogens is 358 g/mol. The number of aliphatic imine (C=N–C) groups is 1. The number of hydrogen-bond donors (Lipinski definition) is 2. The third-order valence-electron chi connectivity index (χ3n) is 3.88. The fourth-order valence-electron chi connectivity index (χ4n) is 2.66. The molecule has 25 heavy (non-hydrogen) atoms. The first kappa shape index (κ1) is 15.8. The topological polar surface area (TPSA) is 95.4 Å². The normalized spacial score (nSPS) is 12.5. The molecule has 0 radical (unpaired) electrons. The van der Waals surface area contributed by atoms with Crippen molar-refractivity contribution in [3.05, 3.63) is 47.5 Å². The zero-order chi connectivity index (χ0) is 17.6. The van der Waals surface area contributed by atoms with Crippen LogP contribution < -0.4 is 0 Å².